The summed E-state index contributed by atoms with van der Waals surface area (Å²) in [6.07, 6.45) is 4.14. The summed E-state index contributed by atoms with van der Waals surface area (Å²) in [5.41, 5.74) is 10.0. The van der Waals surface area contributed by atoms with E-state index < -0.39 is 0 Å². The summed E-state index contributed by atoms with van der Waals surface area (Å²) < 4.78 is 13.8. The zero-order valence-corrected chi connectivity index (χ0v) is 10.4. The molecular formula is C14H20FN. The van der Waals surface area contributed by atoms with Gasteiger partial charge in [0.1, 0.15) is 5.82 Å². The largest absolute Gasteiger partial charge is 0.325 e. The van der Waals surface area contributed by atoms with Crippen molar-refractivity contribution in [2.45, 2.75) is 52.0 Å². The molecule has 0 saturated heterocycles. The van der Waals surface area contributed by atoms with Gasteiger partial charge < -0.3 is 5.73 Å². The molecule has 1 aliphatic carbocycles. The molecule has 0 bridgehead atoms. The maximum absolute atomic E-state index is 13.8. The van der Waals surface area contributed by atoms with Crippen LogP contribution < -0.4 is 5.73 Å². The van der Waals surface area contributed by atoms with Gasteiger partial charge in [-0.1, -0.05) is 6.07 Å². The van der Waals surface area contributed by atoms with Gasteiger partial charge in [0.15, 0.2) is 0 Å². The molecule has 16 heavy (non-hydrogen) atoms. The smallest absolute Gasteiger partial charge is 0.129 e. The Morgan fingerprint density at radius 2 is 1.88 bits per heavy atom. The minimum atomic E-state index is -0.0533. The lowest BCUT2D eigenvalue weighted by Gasteiger charge is -2.15. The number of benzene rings is 1. The Morgan fingerprint density at radius 1 is 1.25 bits per heavy atom. The monoisotopic (exact) mass is 221 g/mol. The fraction of sp³-hybridized carbons (Fsp3) is 0.571. The van der Waals surface area contributed by atoms with E-state index in [1.165, 1.54) is 5.56 Å². The first kappa shape index (κ1) is 11.6. The van der Waals surface area contributed by atoms with E-state index in [1.807, 2.05) is 19.9 Å². The standard InChI is InChI=1S/C14H20FN/c1-9-8-10(2)13(15)11(3)12(9)4-5-14(16)6-7-14/h8H,4-7,16H2,1-3H3. The van der Waals surface area contributed by atoms with Gasteiger partial charge in [0.25, 0.3) is 0 Å². The molecule has 1 fully saturated rings. The van der Waals surface area contributed by atoms with Gasteiger partial charge in [-0.15, -0.1) is 0 Å². The van der Waals surface area contributed by atoms with Gasteiger partial charge in [-0.25, -0.2) is 4.39 Å². The average molecular weight is 221 g/mol. The highest BCUT2D eigenvalue weighted by atomic mass is 19.1. The van der Waals surface area contributed by atoms with Crippen LogP contribution in [0.15, 0.2) is 6.07 Å². The fourth-order valence-electron chi connectivity index (χ4n) is 2.37. The molecule has 0 aromatic heterocycles. The number of aryl methyl sites for hydroxylation is 2. The van der Waals surface area contributed by atoms with Gasteiger partial charge in [0.05, 0.1) is 0 Å². The molecule has 2 rings (SSSR count). The van der Waals surface area contributed by atoms with Gasteiger partial charge in [0.2, 0.25) is 0 Å². The van der Waals surface area contributed by atoms with Crippen LogP contribution in [-0.4, -0.2) is 5.54 Å². The van der Waals surface area contributed by atoms with Gasteiger partial charge in [-0.3, -0.25) is 0 Å². The van der Waals surface area contributed by atoms with Crippen LogP contribution in [0.4, 0.5) is 4.39 Å². The number of halogens is 1. The molecule has 1 aromatic carbocycles. The van der Waals surface area contributed by atoms with Crippen LogP contribution in [0.1, 0.15) is 41.5 Å². The van der Waals surface area contributed by atoms with Crippen molar-refractivity contribution in [3.8, 4) is 0 Å². The lowest BCUT2D eigenvalue weighted by atomic mass is 9.93. The number of hydrogen-bond donors (Lipinski definition) is 1. The molecule has 1 saturated carbocycles. The van der Waals surface area contributed by atoms with Crippen molar-refractivity contribution in [3.05, 3.63) is 34.1 Å². The van der Waals surface area contributed by atoms with E-state index in [-0.39, 0.29) is 11.4 Å². The molecule has 0 atom stereocenters. The molecule has 1 nitrogen and oxygen atoms in total. The Kier molecular flexibility index (Phi) is 2.79. The number of rotatable bonds is 3. The van der Waals surface area contributed by atoms with Crippen LogP contribution in [0.2, 0.25) is 0 Å². The molecule has 0 heterocycles. The van der Waals surface area contributed by atoms with E-state index in [2.05, 4.69) is 6.92 Å². The van der Waals surface area contributed by atoms with Crippen molar-refractivity contribution in [2.24, 2.45) is 5.73 Å². The third kappa shape index (κ3) is 2.12. The van der Waals surface area contributed by atoms with Crippen molar-refractivity contribution < 1.29 is 4.39 Å². The van der Waals surface area contributed by atoms with Gasteiger partial charge in [0, 0.05) is 5.54 Å². The summed E-state index contributed by atoms with van der Waals surface area (Å²) in [5, 5.41) is 0. The van der Waals surface area contributed by atoms with E-state index in [4.69, 9.17) is 5.73 Å². The van der Waals surface area contributed by atoms with Crippen LogP contribution in [0.5, 0.6) is 0 Å². The number of hydrogen-bond acceptors (Lipinski definition) is 1. The third-order valence-corrected chi connectivity index (χ3v) is 3.80. The summed E-state index contributed by atoms with van der Waals surface area (Å²) in [6, 6.07) is 1.94. The fourth-order valence-corrected chi connectivity index (χ4v) is 2.37. The summed E-state index contributed by atoms with van der Waals surface area (Å²) >= 11 is 0. The Balaban J connectivity index is 2.22. The quantitative estimate of drug-likeness (QED) is 0.833. The van der Waals surface area contributed by atoms with E-state index >= 15 is 0 Å². The highest BCUT2D eigenvalue weighted by molar-refractivity contribution is 5.39. The predicted octanol–water partition coefficient (Wildman–Crippen LogP) is 3.17. The third-order valence-electron chi connectivity index (χ3n) is 3.80. The Bertz CT molecular complexity index is 419. The lowest BCUT2D eigenvalue weighted by Crippen LogP contribution is -2.22. The maximum Gasteiger partial charge on any atom is 0.129 e. The molecule has 88 valence electrons. The maximum atomic E-state index is 13.8. The minimum Gasteiger partial charge on any atom is -0.325 e. The molecule has 0 radical (unpaired) electrons. The van der Waals surface area contributed by atoms with Crippen LogP contribution in [0.25, 0.3) is 0 Å². The molecule has 2 heteroatoms. The van der Waals surface area contributed by atoms with Crippen molar-refractivity contribution in [1.82, 2.24) is 0 Å². The van der Waals surface area contributed by atoms with E-state index in [9.17, 15) is 4.39 Å². The first-order chi connectivity index (χ1) is 7.43. The summed E-state index contributed by atoms with van der Waals surface area (Å²) in [6.45, 7) is 5.76. The van der Waals surface area contributed by atoms with E-state index in [1.54, 1.807) is 0 Å². The van der Waals surface area contributed by atoms with Gasteiger partial charge in [-0.05, 0) is 68.7 Å². The normalized spacial score (nSPS) is 17.6. The zero-order valence-electron chi connectivity index (χ0n) is 10.4. The van der Waals surface area contributed by atoms with Gasteiger partial charge in [-0.2, -0.15) is 0 Å². The Morgan fingerprint density at radius 3 is 2.44 bits per heavy atom. The highest BCUT2D eigenvalue weighted by Gasteiger charge is 2.37. The Labute approximate surface area is 96.9 Å². The molecule has 0 spiro atoms. The van der Waals surface area contributed by atoms with Crippen LogP contribution in [-0.2, 0) is 6.42 Å². The molecule has 0 aliphatic heterocycles. The van der Waals surface area contributed by atoms with Crippen LogP contribution in [0, 0.1) is 26.6 Å². The molecular weight excluding hydrogens is 201 g/mol. The van der Waals surface area contributed by atoms with Crippen molar-refractivity contribution in [1.29, 1.82) is 0 Å². The molecule has 0 amide bonds. The summed E-state index contributed by atoms with van der Waals surface area (Å²) in [4.78, 5) is 0. The second kappa shape index (κ2) is 3.85. The molecule has 1 aliphatic rings. The van der Waals surface area contributed by atoms with E-state index in [0.717, 1.165) is 42.4 Å². The number of nitrogens with two attached hydrogens (primary N) is 1. The van der Waals surface area contributed by atoms with Crippen molar-refractivity contribution in [3.63, 3.8) is 0 Å². The average Bonchev–Trinajstić information content (AvgIpc) is 2.93. The predicted molar refractivity (Wildman–Crippen MR) is 65.1 cm³/mol. The van der Waals surface area contributed by atoms with Gasteiger partial charge >= 0.3 is 0 Å². The Hall–Kier alpha value is -0.890. The van der Waals surface area contributed by atoms with E-state index in [0.29, 0.717) is 0 Å². The molecule has 1 aromatic rings. The highest BCUT2D eigenvalue weighted by Crippen LogP contribution is 2.37. The molecule has 0 unspecified atom stereocenters. The van der Waals surface area contributed by atoms with Crippen LogP contribution in [0.3, 0.4) is 0 Å². The summed E-state index contributed by atoms with van der Waals surface area (Å²) in [5.74, 6) is -0.0533. The lowest BCUT2D eigenvalue weighted by molar-refractivity contribution is 0.587. The molecule has 2 N–H and O–H groups in total. The SMILES string of the molecule is Cc1cc(C)c(CCC2(N)CC2)c(C)c1F. The second-order valence-corrected chi connectivity index (χ2v) is 5.29. The first-order valence-corrected chi connectivity index (χ1v) is 5.97. The second-order valence-electron chi connectivity index (χ2n) is 5.29. The first-order valence-electron chi connectivity index (χ1n) is 5.97. The van der Waals surface area contributed by atoms with Crippen LogP contribution >= 0.6 is 0 Å². The van der Waals surface area contributed by atoms with Crippen molar-refractivity contribution >= 4 is 0 Å². The topological polar surface area (TPSA) is 26.0 Å². The zero-order chi connectivity index (χ0) is 11.9. The van der Waals surface area contributed by atoms with Crippen molar-refractivity contribution in [2.75, 3.05) is 0 Å². The minimum absolute atomic E-state index is 0.0533. The summed E-state index contributed by atoms with van der Waals surface area (Å²) in [7, 11) is 0.